The Morgan fingerprint density at radius 1 is 0.879 bits per heavy atom. The largest absolute Gasteiger partial charge is 0.445 e. The lowest BCUT2D eigenvalue weighted by atomic mass is 9.97. The van der Waals surface area contributed by atoms with Crippen LogP contribution in [0.1, 0.15) is 25.0 Å². The molecular weight excluding hydrogens is 418 g/mol. The van der Waals surface area contributed by atoms with E-state index in [4.69, 9.17) is 10.5 Å². The first kappa shape index (κ1) is 23.8. The van der Waals surface area contributed by atoms with Crippen LogP contribution in [0.3, 0.4) is 0 Å². The second kappa shape index (κ2) is 11.1. The van der Waals surface area contributed by atoms with Gasteiger partial charge in [0.05, 0.1) is 0 Å². The third kappa shape index (κ3) is 6.55. The van der Waals surface area contributed by atoms with Crippen LogP contribution in [0.25, 0.3) is 10.8 Å². The molecule has 0 unspecified atom stereocenters. The number of amides is 3. The first-order valence-corrected chi connectivity index (χ1v) is 10.9. The van der Waals surface area contributed by atoms with Gasteiger partial charge in [-0.2, -0.15) is 0 Å². The van der Waals surface area contributed by atoms with E-state index in [2.05, 4.69) is 10.6 Å². The third-order valence-corrected chi connectivity index (χ3v) is 5.40. The molecule has 7 nitrogen and oxygen atoms in total. The maximum absolute atomic E-state index is 13.0. The highest BCUT2D eigenvalue weighted by Gasteiger charge is 2.28. The molecule has 7 heteroatoms. The van der Waals surface area contributed by atoms with Gasteiger partial charge in [0, 0.05) is 6.42 Å². The fourth-order valence-corrected chi connectivity index (χ4v) is 3.60. The van der Waals surface area contributed by atoms with Gasteiger partial charge >= 0.3 is 6.09 Å². The first-order valence-electron chi connectivity index (χ1n) is 10.9. The number of carbonyl (C=O) groups is 3. The maximum atomic E-state index is 13.0. The Balaban J connectivity index is 1.66. The van der Waals surface area contributed by atoms with Crippen LogP contribution in [0.2, 0.25) is 0 Å². The van der Waals surface area contributed by atoms with Crippen LogP contribution in [-0.4, -0.2) is 30.0 Å². The summed E-state index contributed by atoms with van der Waals surface area (Å²) < 4.78 is 5.23. The molecule has 3 aromatic rings. The lowest BCUT2D eigenvalue weighted by Crippen LogP contribution is -2.55. The maximum Gasteiger partial charge on any atom is 0.408 e. The molecule has 172 valence electrons. The number of carbonyl (C=O) groups excluding carboxylic acids is 3. The van der Waals surface area contributed by atoms with E-state index in [1.807, 2.05) is 72.8 Å². The zero-order valence-corrected chi connectivity index (χ0v) is 18.8. The van der Waals surface area contributed by atoms with Crippen molar-refractivity contribution in [3.8, 4) is 0 Å². The number of nitrogens with two attached hydrogens (primary N) is 1. The number of primary amides is 1. The number of alkyl carbamates (subject to hydrolysis) is 1. The molecular formula is C26H29N3O4. The monoisotopic (exact) mass is 447 g/mol. The Morgan fingerprint density at radius 2 is 1.55 bits per heavy atom. The molecule has 4 N–H and O–H groups in total. The van der Waals surface area contributed by atoms with Crippen LogP contribution in [0.4, 0.5) is 4.79 Å². The Labute approximate surface area is 193 Å². The fourth-order valence-electron chi connectivity index (χ4n) is 3.60. The van der Waals surface area contributed by atoms with Crippen LogP contribution in [-0.2, 0) is 27.4 Å². The molecule has 0 spiro atoms. The standard InChI is InChI=1S/C26H29N3O4/c1-17(2)23(29-26(32)33-16-18-9-4-3-5-10-18)25(31)28-22(24(27)30)15-20-13-8-12-19-11-6-7-14-21(19)20/h3-14,17,22-23H,15-16H2,1-2H3,(H2,27,30)(H,28,31)(H,29,32)/t22-,23+/m1/s1. The van der Waals surface area contributed by atoms with E-state index in [1.165, 1.54) is 0 Å². The number of benzene rings is 3. The van der Waals surface area contributed by atoms with Crippen molar-refractivity contribution in [3.63, 3.8) is 0 Å². The van der Waals surface area contributed by atoms with Crippen LogP contribution in [0, 0.1) is 5.92 Å². The predicted molar refractivity (Wildman–Crippen MR) is 127 cm³/mol. The van der Waals surface area contributed by atoms with E-state index in [9.17, 15) is 14.4 Å². The van der Waals surface area contributed by atoms with Gasteiger partial charge in [-0.1, -0.05) is 86.6 Å². The average Bonchev–Trinajstić information content (AvgIpc) is 2.81. The summed E-state index contributed by atoms with van der Waals surface area (Å²) in [6.45, 7) is 3.68. The summed E-state index contributed by atoms with van der Waals surface area (Å²) in [7, 11) is 0. The summed E-state index contributed by atoms with van der Waals surface area (Å²) in [4.78, 5) is 37.4. The first-order chi connectivity index (χ1) is 15.8. The number of ether oxygens (including phenoxy) is 1. The quantitative estimate of drug-likeness (QED) is 0.467. The normalized spacial score (nSPS) is 12.7. The Bertz CT molecular complexity index is 1110. The summed E-state index contributed by atoms with van der Waals surface area (Å²) in [6, 6.07) is 21.0. The van der Waals surface area contributed by atoms with E-state index in [1.54, 1.807) is 13.8 Å². The predicted octanol–water partition coefficient (Wildman–Crippen LogP) is 3.30. The highest BCUT2D eigenvalue weighted by Crippen LogP contribution is 2.20. The van der Waals surface area contributed by atoms with E-state index >= 15 is 0 Å². The van der Waals surface area contributed by atoms with Gasteiger partial charge in [-0.25, -0.2) is 4.79 Å². The lowest BCUT2D eigenvalue weighted by Gasteiger charge is -2.24. The van der Waals surface area contributed by atoms with Gasteiger partial charge in [0.25, 0.3) is 0 Å². The molecule has 0 saturated carbocycles. The second-order valence-electron chi connectivity index (χ2n) is 8.23. The fraction of sp³-hybridized carbons (Fsp3) is 0.269. The van der Waals surface area contributed by atoms with E-state index in [-0.39, 0.29) is 18.9 Å². The SMILES string of the molecule is CC(C)[C@H](NC(=O)OCc1ccccc1)C(=O)N[C@H](Cc1cccc2ccccc12)C(N)=O. The van der Waals surface area contributed by atoms with Crippen molar-refractivity contribution >= 4 is 28.7 Å². The molecule has 3 amide bonds. The van der Waals surface area contributed by atoms with Crippen molar-refractivity contribution in [1.29, 1.82) is 0 Å². The Morgan fingerprint density at radius 3 is 2.24 bits per heavy atom. The third-order valence-electron chi connectivity index (χ3n) is 5.40. The van der Waals surface area contributed by atoms with E-state index in [0.717, 1.165) is 21.9 Å². The molecule has 0 aliphatic carbocycles. The summed E-state index contributed by atoms with van der Waals surface area (Å²) in [5.74, 6) is -1.38. The number of fused-ring (bicyclic) bond motifs is 1. The second-order valence-corrected chi connectivity index (χ2v) is 8.23. The van der Waals surface area contributed by atoms with Crippen LogP contribution in [0.5, 0.6) is 0 Å². The zero-order chi connectivity index (χ0) is 23.8. The molecule has 0 fully saturated rings. The van der Waals surface area contributed by atoms with Gasteiger partial charge in [0.15, 0.2) is 0 Å². The minimum atomic E-state index is -0.924. The molecule has 0 aliphatic heterocycles. The summed E-state index contributed by atoms with van der Waals surface area (Å²) in [5, 5.41) is 7.33. The molecule has 0 bridgehead atoms. The van der Waals surface area contributed by atoms with Gasteiger partial charge in [0.2, 0.25) is 11.8 Å². The molecule has 2 atom stereocenters. The minimum Gasteiger partial charge on any atom is -0.445 e. The topological polar surface area (TPSA) is 111 Å². The van der Waals surface area contributed by atoms with E-state index < -0.39 is 30.0 Å². The summed E-state index contributed by atoms with van der Waals surface area (Å²) >= 11 is 0. The van der Waals surface area contributed by atoms with Crippen LogP contribution >= 0.6 is 0 Å². The van der Waals surface area contributed by atoms with Crippen molar-refractivity contribution in [1.82, 2.24) is 10.6 Å². The molecule has 3 rings (SSSR count). The van der Waals surface area contributed by atoms with Gasteiger partial charge in [-0.3, -0.25) is 9.59 Å². The van der Waals surface area contributed by atoms with Crippen molar-refractivity contribution < 1.29 is 19.1 Å². The average molecular weight is 448 g/mol. The van der Waals surface area contributed by atoms with Crippen molar-refractivity contribution in [2.75, 3.05) is 0 Å². The molecule has 0 heterocycles. The number of hydrogen-bond acceptors (Lipinski definition) is 4. The van der Waals surface area contributed by atoms with Gasteiger partial charge in [-0.15, -0.1) is 0 Å². The smallest absolute Gasteiger partial charge is 0.408 e. The molecule has 33 heavy (non-hydrogen) atoms. The minimum absolute atomic E-state index is 0.0874. The Kier molecular flexibility index (Phi) is 8.02. The van der Waals surface area contributed by atoms with Crippen molar-refractivity contribution in [3.05, 3.63) is 83.9 Å². The van der Waals surface area contributed by atoms with Crippen LogP contribution in [0.15, 0.2) is 72.8 Å². The van der Waals surface area contributed by atoms with E-state index in [0.29, 0.717) is 0 Å². The highest BCUT2D eigenvalue weighted by atomic mass is 16.5. The zero-order valence-electron chi connectivity index (χ0n) is 18.8. The molecule has 0 radical (unpaired) electrons. The number of hydrogen-bond donors (Lipinski definition) is 3. The van der Waals surface area contributed by atoms with Gasteiger partial charge in [0.1, 0.15) is 18.7 Å². The lowest BCUT2D eigenvalue weighted by molar-refractivity contribution is -0.129. The highest BCUT2D eigenvalue weighted by molar-refractivity contribution is 5.92. The molecule has 3 aromatic carbocycles. The summed E-state index contributed by atoms with van der Waals surface area (Å²) in [6.07, 6.45) is -0.469. The molecule has 0 aliphatic rings. The Hall–Kier alpha value is -3.87. The molecule has 0 aromatic heterocycles. The number of nitrogens with one attached hydrogen (secondary N) is 2. The summed E-state index contributed by atoms with van der Waals surface area (Å²) in [5.41, 5.74) is 7.33. The van der Waals surface area contributed by atoms with Gasteiger partial charge in [-0.05, 0) is 27.8 Å². The van der Waals surface area contributed by atoms with Crippen LogP contribution < -0.4 is 16.4 Å². The van der Waals surface area contributed by atoms with Crippen molar-refractivity contribution in [2.45, 2.75) is 39.0 Å². The number of rotatable bonds is 9. The van der Waals surface area contributed by atoms with Gasteiger partial charge < -0.3 is 21.1 Å². The molecule has 0 saturated heterocycles. The van der Waals surface area contributed by atoms with Crippen molar-refractivity contribution in [2.24, 2.45) is 11.7 Å².